The summed E-state index contributed by atoms with van der Waals surface area (Å²) in [6.45, 7) is 4.25. The minimum absolute atomic E-state index is 0.341. The third kappa shape index (κ3) is 5.83. The van der Waals surface area contributed by atoms with E-state index < -0.39 is 0 Å². The number of methoxy groups -OCH3 is 1. The number of urea groups is 1. The summed E-state index contributed by atoms with van der Waals surface area (Å²) >= 11 is 0. The highest BCUT2D eigenvalue weighted by Gasteiger charge is 2.06. The Morgan fingerprint density at radius 3 is 2.41 bits per heavy atom. The van der Waals surface area contributed by atoms with Crippen LogP contribution in [-0.4, -0.2) is 29.7 Å². The maximum absolute atomic E-state index is 12.2. The van der Waals surface area contributed by atoms with Gasteiger partial charge in [0.25, 0.3) is 0 Å². The Bertz CT molecular complexity index is 976. The highest BCUT2D eigenvalue weighted by Crippen LogP contribution is 2.21. The fraction of sp³-hybridized carbons (Fsp3) is 0.190. The summed E-state index contributed by atoms with van der Waals surface area (Å²) in [4.78, 5) is 20.8. The summed E-state index contributed by atoms with van der Waals surface area (Å²) in [5, 5.41) is 8.76. The summed E-state index contributed by atoms with van der Waals surface area (Å²) in [7, 11) is 1.58. The van der Waals surface area contributed by atoms with Crippen molar-refractivity contribution < 1.29 is 14.3 Å². The molecule has 0 unspecified atom stereocenters. The smallest absolute Gasteiger partial charge is 0.323 e. The van der Waals surface area contributed by atoms with E-state index in [0.29, 0.717) is 41.3 Å². The van der Waals surface area contributed by atoms with Crippen LogP contribution in [0.15, 0.2) is 54.6 Å². The molecule has 0 fully saturated rings. The molecule has 3 aromatic rings. The van der Waals surface area contributed by atoms with Gasteiger partial charge in [0.1, 0.15) is 17.4 Å². The molecular weight excluding hydrogens is 370 g/mol. The van der Waals surface area contributed by atoms with Crippen molar-refractivity contribution in [3.8, 4) is 11.6 Å². The Morgan fingerprint density at radius 2 is 1.69 bits per heavy atom. The zero-order chi connectivity index (χ0) is 20.6. The lowest BCUT2D eigenvalue weighted by Gasteiger charge is -2.11. The van der Waals surface area contributed by atoms with E-state index in [1.807, 2.05) is 32.0 Å². The van der Waals surface area contributed by atoms with Gasteiger partial charge in [-0.05, 0) is 50.2 Å². The second-order valence-electron chi connectivity index (χ2n) is 6.09. The second-order valence-corrected chi connectivity index (χ2v) is 6.09. The number of nitrogens with one attached hydrogen (secondary N) is 3. The first kappa shape index (κ1) is 19.9. The van der Waals surface area contributed by atoms with E-state index in [-0.39, 0.29) is 6.03 Å². The van der Waals surface area contributed by atoms with Crippen molar-refractivity contribution >= 4 is 28.9 Å². The SMILES string of the molecule is CCOc1cc(Nc2ccc(NC(=O)Nc3cccc(OC)c3)cc2)nc(C)n1. The molecular formula is C21H23N5O3. The molecule has 1 heterocycles. The quantitative estimate of drug-likeness (QED) is 0.544. The Balaban J connectivity index is 1.60. The fourth-order valence-electron chi connectivity index (χ4n) is 2.61. The monoisotopic (exact) mass is 393 g/mol. The Hall–Kier alpha value is -3.81. The van der Waals surface area contributed by atoms with Gasteiger partial charge in [0.15, 0.2) is 0 Å². The van der Waals surface area contributed by atoms with Gasteiger partial charge in [-0.1, -0.05) is 6.07 Å². The van der Waals surface area contributed by atoms with Crippen LogP contribution in [0, 0.1) is 6.92 Å². The van der Waals surface area contributed by atoms with Crippen LogP contribution >= 0.6 is 0 Å². The van der Waals surface area contributed by atoms with Gasteiger partial charge in [0, 0.05) is 29.2 Å². The van der Waals surface area contributed by atoms with Crippen LogP contribution in [0.3, 0.4) is 0 Å². The Morgan fingerprint density at radius 1 is 0.966 bits per heavy atom. The molecule has 0 atom stereocenters. The van der Waals surface area contributed by atoms with Crippen LogP contribution in [-0.2, 0) is 0 Å². The third-order valence-electron chi connectivity index (χ3n) is 3.85. The van der Waals surface area contributed by atoms with Gasteiger partial charge in [0.2, 0.25) is 5.88 Å². The molecule has 0 spiro atoms. The molecule has 29 heavy (non-hydrogen) atoms. The van der Waals surface area contributed by atoms with E-state index >= 15 is 0 Å². The molecule has 0 aliphatic rings. The van der Waals surface area contributed by atoms with Crippen molar-refractivity contribution in [3.05, 3.63) is 60.4 Å². The number of carbonyl (C=O) groups is 1. The Labute approximate surface area is 169 Å². The molecule has 2 amide bonds. The maximum Gasteiger partial charge on any atom is 0.323 e. The van der Waals surface area contributed by atoms with Gasteiger partial charge >= 0.3 is 6.03 Å². The van der Waals surface area contributed by atoms with Crippen LogP contribution in [0.2, 0.25) is 0 Å². The molecule has 3 N–H and O–H groups in total. The number of aromatic nitrogens is 2. The first-order valence-corrected chi connectivity index (χ1v) is 9.13. The van der Waals surface area contributed by atoms with E-state index in [0.717, 1.165) is 5.69 Å². The van der Waals surface area contributed by atoms with Gasteiger partial charge < -0.3 is 25.4 Å². The highest BCUT2D eigenvalue weighted by molar-refractivity contribution is 5.99. The normalized spacial score (nSPS) is 10.2. The topological polar surface area (TPSA) is 97.4 Å². The van der Waals surface area contributed by atoms with Crippen LogP contribution in [0.4, 0.5) is 27.7 Å². The average molecular weight is 393 g/mol. The number of amides is 2. The van der Waals surface area contributed by atoms with Gasteiger partial charge in [-0.3, -0.25) is 0 Å². The molecule has 0 saturated carbocycles. The van der Waals surface area contributed by atoms with Crippen LogP contribution in [0.1, 0.15) is 12.7 Å². The molecule has 3 rings (SSSR count). The van der Waals surface area contributed by atoms with Gasteiger partial charge in [-0.25, -0.2) is 9.78 Å². The summed E-state index contributed by atoms with van der Waals surface area (Å²) < 4.78 is 10.6. The number of carbonyl (C=O) groups excluding carboxylic acids is 1. The molecule has 0 saturated heterocycles. The lowest BCUT2D eigenvalue weighted by Crippen LogP contribution is -2.19. The van der Waals surface area contributed by atoms with Gasteiger partial charge in [-0.15, -0.1) is 0 Å². The molecule has 8 heteroatoms. The zero-order valence-corrected chi connectivity index (χ0v) is 16.5. The van der Waals surface area contributed by atoms with Gasteiger partial charge in [0.05, 0.1) is 13.7 Å². The van der Waals surface area contributed by atoms with E-state index in [4.69, 9.17) is 9.47 Å². The largest absolute Gasteiger partial charge is 0.497 e. The van der Waals surface area contributed by atoms with Crippen molar-refractivity contribution in [1.82, 2.24) is 9.97 Å². The number of aryl methyl sites for hydroxylation is 1. The number of benzene rings is 2. The number of hydrogen-bond acceptors (Lipinski definition) is 6. The van der Waals surface area contributed by atoms with Gasteiger partial charge in [-0.2, -0.15) is 4.98 Å². The van der Waals surface area contributed by atoms with E-state index in [1.54, 1.807) is 43.5 Å². The zero-order valence-electron chi connectivity index (χ0n) is 16.5. The maximum atomic E-state index is 12.2. The lowest BCUT2D eigenvalue weighted by atomic mass is 10.2. The van der Waals surface area contributed by atoms with E-state index in [2.05, 4.69) is 25.9 Å². The highest BCUT2D eigenvalue weighted by atomic mass is 16.5. The molecule has 0 radical (unpaired) electrons. The molecule has 2 aromatic carbocycles. The third-order valence-corrected chi connectivity index (χ3v) is 3.85. The average Bonchev–Trinajstić information content (AvgIpc) is 2.69. The first-order chi connectivity index (χ1) is 14.1. The predicted octanol–water partition coefficient (Wildman–Crippen LogP) is 4.58. The van der Waals surface area contributed by atoms with Crippen molar-refractivity contribution in [1.29, 1.82) is 0 Å². The molecule has 0 aliphatic heterocycles. The van der Waals surface area contributed by atoms with Crippen molar-refractivity contribution in [2.45, 2.75) is 13.8 Å². The minimum atomic E-state index is -0.341. The molecule has 150 valence electrons. The standard InChI is InChI=1S/C21H23N5O3/c1-4-29-20-13-19(22-14(2)23-20)24-15-8-10-16(11-9-15)25-21(27)26-17-6-5-7-18(12-17)28-3/h5-13H,4H2,1-3H3,(H,22,23,24)(H2,25,26,27). The lowest BCUT2D eigenvalue weighted by molar-refractivity contribution is 0.262. The predicted molar refractivity (Wildman–Crippen MR) is 113 cm³/mol. The van der Waals surface area contributed by atoms with Crippen LogP contribution < -0.4 is 25.4 Å². The Kier molecular flexibility index (Phi) is 6.47. The van der Waals surface area contributed by atoms with Crippen molar-refractivity contribution in [2.75, 3.05) is 29.7 Å². The van der Waals surface area contributed by atoms with Crippen molar-refractivity contribution in [3.63, 3.8) is 0 Å². The van der Waals surface area contributed by atoms with E-state index in [9.17, 15) is 4.79 Å². The number of anilines is 4. The number of hydrogen-bond donors (Lipinski definition) is 3. The minimum Gasteiger partial charge on any atom is -0.497 e. The fourth-order valence-corrected chi connectivity index (χ4v) is 2.61. The number of rotatable bonds is 7. The summed E-state index contributed by atoms with van der Waals surface area (Å²) in [6, 6.07) is 15.8. The first-order valence-electron chi connectivity index (χ1n) is 9.13. The molecule has 0 aliphatic carbocycles. The summed E-state index contributed by atoms with van der Waals surface area (Å²) in [5.74, 6) is 2.45. The molecule has 8 nitrogen and oxygen atoms in total. The molecule has 0 bridgehead atoms. The summed E-state index contributed by atoms with van der Waals surface area (Å²) in [6.07, 6.45) is 0. The van der Waals surface area contributed by atoms with Crippen molar-refractivity contribution in [2.24, 2.45) is 0 Å². The van der Waals surface area contributed by atoms with Crippen LogP contribution in [0.25, 0.3) is 0 Å². The number of nitrogens with zero attached hydrogens (tertiary/aromatic N) is 2. The van der Waals surface area contributed by atoms with Crippen LogP contribution in [0.5, 0.6) is 11.6 Å². The summed E-state index contributed by atoms with van der Waals surface area (Å²) in [5.41, 5.74) is 2.12. The number of ether oxygens (including phenoxy) is 2. The molecule has 1 aromatic heterocycles. The second kappa shape index (κ2) is 9.41. The van der Waals surface area contributed by atoms with E-state index in [1.165, 1.54) is 0 Å².